The van der Waals surface area contributed by atoms with Gasteiger partial charge in [-0.05, 0) is 37.8 Å². The van der Waals surface area contributed by atoms with E-state index in [2.05, 4.69) is 0 Å². The van der Waals surface area contributed by atoms with Crippen molar-refractivity contribution in [3.05, 3.63) is 18.2 Å². The Labute approximate surface area is 133 Å². The quantitative estimate of drug-likeness (QED) is 0.773. The molecule has 1 fully saturated rings. The molecule has 0 saturated heterocycles. The van der Waals surface area contributed by atoms with Gasteiger partial charge in [-0.3, -0.25) is 0 Å². The lowest BCUT2D eigenvalue weighted by Gasteiger charge is -2.31. The molecule has 6 heteroatoms. The highest BCUT2D eigenvalue weighted by atomic mass is 32.2. The number of benzene rings is 1. The van der Waals surface area contributed by atoms with Crippen molar-refractivity contribution >= 4 is 10.0 Å². The van der Waals surface area contributed by atoms with E-state index >= 15 is 0 Å². The van der Waals surface area contributed by atoms with Crippen LogP contribution in [0.25, 0.3) is 0 Å². The summed E-state index contributed by atoms with van der Waals surface area (Å²) < 4.78 is 38.5. The van der Waals surface area contributed by atoms with Crippen LogP contribution in [0.5, 0.6) is 11.5 Å². The molecule has 0 aromatic heterocycles. The molecule has 22 heavy (non-hydrogen) atoms. The van der Waals surface area contributed by atoms with E-state index in [1.54, 1.807) is 16.4 Å². The van der Waals surface area contributed by atoms with Crippen LogP contribution in [-0.2, 0) is 10.0 Å². The second-order valence-corrected chi connectivity index (χ2v) is 7.88. The van der Waals surface area contributed by atoms with Gasteiger partial charge in [0.05, 0.1) is 14.2 Å². The van der Waals surface area contributed by atoms with Crippen LogP contribution in [0.15, 0.2) is 23.1 Å². The third-order valence-corrected chi connectivity index (χ3v) is 6.26. The van der Waals surface area contributed by atoms with E-state index in [0.717, 1.165) is 12.8 Å². The van der Waals surface area contributed by atoms with Crippen LogP contribution in [0, 0.1) is 5.92 Å². The Morgan fingerprint density at radius 3 is 2.23 bits per heavy atom. The van der Waals surface area contributed by atoms with E-state index in [0.29, 0.717) is 11.5 Å². The van der Waals surface area contributed by atoms with Gasteiger partial charge in [0.15, 0.2) is 0 Å². The van der Waals surface area contributed by atoms with Crippen molar-refractivity contribution in [3.8, 4) is 11.5 Å². The fourth-order valence-corrected chi connectivity index (χ4v) is 4.65. The molecule has 1 aliphatic rings. The molecule has 124 valence electrons. The molecule has 0 spiro atoms. The molecule has 0 bridgehead atoms. The first-order valence-electron chi connectivity index (χ1n) is 7.58. The summed E-state index contributed by atoms with van der Waals surface area (Å²) in [6.07, 6.45) is 1.84. The van der Waals surface area contributed by atoms with Crippen LogP contribution in [-0.4, -0.2) is 39.0 Å². The van der Waals surface area contributed by atoms with Gasteiger partial charge in [-0.2, -0.15) is 4.31 Å². The molecule has 0 N–H and O–H groups in total. The van der Waals surface area contributed by atoms with Gasteiger partial charge in [0.25, 0.3) is 0 Å². The van der Waals surface area contributed by atoms with Gasteiger partial charge in [-0.15, -0.1) is 0 Å². The lowest BCUT2D eigenvalue weighted by Crippen LogP contribution is -2.43. The second-order valence-electron chi connectivity index (χ2n) is 6.07. The molecule has 0 radical (unpaired) electrons. The molecule has 1 saturated carbocycles. The molecule has 2 rings (SSSR count). The molecule has 1 aromatic rings. The number of hydrogen-bond acceptors (Lipinski definition) is 4. The van der Waals surface area contributed by atoms with Crippen LogP contribution in [0.1, 0.15) is 33.6 Å². The number of ether oxygens (including phenoxy) is 2. The second kappa shape index (κ2) is 6.46. The summed E-state index contributed by atoms with van der Waals surface area (Å²) in [4.78, 5) is 0.175. The molecule has 1 atom stereocenters. The summed E-state index contributed by atoms with van der Waals surface area (Å²) in [5, 5.41) is 0. The summed E-state index contributed by atoms with van der Waals surface area (Å²) in [5.41, 5.74) is 0. The van der Waals surface area contributed by atoms with Crippen LogP contribution >= 0.6 is 0 Å². The zero-order chi connectivity index (χ0) is 16.5. The number of rotatable bonds is 7. The van der Waals surface area contributed by atoms with Gasteiger partial charge >= 0.3 is 0 Å². The minimum atomic E-state index is -3.63. The predicted octanol–water partition coefficient (Wildman–Crippen LogP) is 2.90. The van der Waals surface area contributed by atoms with E-state index < -0.39 is 10.0 Å². The van der Waals surface area contributed by atoms with Crippen molar-refractivity contribution in [1.82, 2.24) is 4.31 Å². The Hall–Kier alpha value is -1.27. The maximum Gasteiger partial charge on any atom is 0.247 e. The van der Waals surface area contributed by atoms with E-state index in [4.69, 9.17) is 9.47 Å². The summed E-state index contributed by atoms with van der Waals surface area (Å²) in [5.74, 6) is 1.10. The lowest BCUT2D eigenvalue weighted by atomic mass is 10.1. The predicted molar refractivity (Wildman–Crippen MR) is 85.9 cm³/mol. The third-order valence-electron chi connectivity index (χ3n) is 4.20. The average molecular weight is 327 g/mol. The maximum atomic E-state index is 13.2. The Kier molecular flexibility index (Phi) is 5.02. The van der Waals surface area contributed by atoms with Crippen LogP contribution in [0.2, 0.25) is 0 Å². The average Bonchev–Trinajstić information content (AvgIpc) is 3.30. The highest BCUT2D eigenvalue weighted by Gasteiger charge is 2.43. The molecular weight excluding hydrogens is 302 g/mol. The highest BCUT2D eigenvalue weighted by molar-refractivity contribution is 7.89. The molecule has 1 aromatic carbocycles. The van der Waals surface area contributed by atoms with Crippen molar-refractivity contribution < 1.29 is 17.9 Å². The Morgan fingerprint density at radius 2 is 1.77 bits per heavy atom. The van der Waals surface area contributed by atoms with Gasteiger partial charge in [-0.25, -0.2) is 8.42 Å². The van der Waals surface area contributed by atoms with Crippen molar-refractivity contribution in [2.24, 2.45) is 5.92 Å². The summed E-state index contributed by atoms with van der Waals surface area (Å²) in [6, 6.07) is 4.91. The fraction of sp³-hybridized carbons (Fsp3) is 0.625. The Morgan fingerprint density at radius 1 is 1.14 bits per heavy atom. The van der Waals surface area contributed by atoms with Crippen LogP contribution < -0.4 is 9.47 Å². The first-order valence-corrected chi connectivity index (χ1v) is 9.02. The lowest BCUT2D eigenvalue weighted by molar-refractivity contribution is 0.267. The van der Waals surface area contributed by atoms with E-state index in [1.165, 1.54) is 20.3 Å². The fourth-order valence-electron chi connectivity index (χ4n) is 2.47. The third kappa shape index (κ3) is 3.22. The molecule has 1 aliphatic carbocycles. The first kappa shape index (κ1) is 17.1. The zero-order valence-corrected chi connectivity index (χ0v) is 14.7. The zero-order valence-electron chi connectivity index (χ0n) is 13.9. The van der Waals surface area contributed by atoms with Crippen LogP contribution in [0.3, 0.4) is 0 Å². The van der Waals surface area contributed by atoms with Crippen molar-refractivity contribution in [3.63, 3.8) is 0 Å². The number of sulfonamides is 1. The summed E-state index contributed by atoms with van der Waals surface area (Å²) >= 11 is 0. The summed E-state index contributed by atoms with van der Waals surface area (Å²) in [6.45, 7) is 6.05. The first-order chi connectivity index (χ1) is 10.3. The van der Waals surface area contributed by atoms with E-state index in [-0.39, 0.29) is 22.9 Å². The largest absolute Gasteiger partial charge is 0.497 e. The molecule has 0 aliphatic heterocycles. The number of nitrogens with zero attached hydrogens (tertiary/aromatic N) is 1. The van der Waals surface area contributed by atoms with Gasteiger partial charge in [0.2, 0.25) is 10.0 Å². The Bertz CT molecular complexity index is 623. The van der Waals surface area contributed by atoms with Crippen molar-refractivity contribution in [2.45, 2.75) is 50.6 Å². The van der Waals surface area contributed by atoms with Crippen LogP contribution in [0.4, 0.5) is 0 Å². The maximum absolute atomic E-state index is 13.2. The highest BCUT2D eigenvalue weighted by Crippen LogP contribution is 2.39. The van der Waals surface area contributed by atoms with Gasteiger partial charge in [-0.1, -0.05) is 13.8 Å². The minimum absolute atomic E-state index is 0.0617. The van der Waals surface area contributed by atoms with Gasteiger partial charge < -0.3 is 9.47 Å². The van der Waals surface area contributed by atoms with Gasteiger partial charge in [0.1, 0.15) is 16.4 Å². The summed E-state index contributed by atoms with van der Waals surface area (Å²) in [7, 11) is -0.627. The smallest absolute Gasteiger partial charge is 0.247 e. The number of methoxy groups -OCH3 is 2. The minimum Gasteiger partial charge on any atom is -0.497 e. The van der Waals surface area contributed by atoms with E-state index in [9.17, 15) is 8.42 Å². The van der Waals surface area contributed by atoms with E-state index in [1.807, 2.05) is 20.8 Å². The number of hydrogen-bond donors (Lipinski definition) is 0. The molecular formula is C16H25NO4S. The SMILES string of the molecule is COc1ccc(OC)c(S(=O)(=O)N(C2CC2)C(C)C(C)C)c1. The Balaban J connectivity index is 2.52. The monoisotopic (exact) mass is 327 g/mol. The van der Waals surface area contributed by atoms with Crippen molar-refractivity contribution in [1.29, 1.82) is 0 Å². The molecule has 0 amide bonds. The molecule has 1 unspecified atom stereocenters. The topological polar surface area (TPSA) is 55.8 Å². The standard InChI is InChI=1S/C16H25NO4S/c1-11(2)12(3)17(13-6-7-13)22(18,19)16-10-14(20-4)8-9-15(16)21-5/h8-13H,6-7H2,1-5H3. The van der Waals surface area contributed by atoms with Crippen molar-refractivity contribution in [2.75, 3.05) is 14.2 Å². The molecule has 5 nitrogen and oxygen atoms in total. The molecule has 0 heterocycles. The normalized spacial score (nSPS) is 16.9. The van der Waals surface area contributed by atoms with Gasteiger partial charge in [0, 0.05) is 18.2 Å².